The van der Waals surface area contributed by atoms with Crippen LogP contribution in [0.5, 0.6) is 0 Å². The maximum Gasteiger partial charge on any atom is 0.0249 e. The molecule has 0 aromatic heterocycles. The fourth-order valence-corrected chi connectivity index (χ4v) is 2.55. The third kappa shape index (κ3) is 3.45. The molecule has 0 aromatic rings. The molecule has 82 valence electrons. The van der Waals surface area contributed by atoms with Crippen molar-refractivity contribution in [3.05, 3.63) is 12.7 Å². The molecule has 0 amide bonds. The van der Waals surface area contributed by atoms with Gasteiger partial charge in [-0.3, -0.25) is 0 Å². The number of hydrogen-bond donors (Lipinski definition) is 1. The Morgan fingerprint density at radius 1 is 1.36 bits per heavy atom. The molecule has 0 aliphatic heterocycles. The lowest BCUT2D eigenvalue weighted by atomic mass is 9.77. The highest BCUT2D eigenvalue weighted by molar-refractivity contribution is 4.90. The fourth-order valence-electron chi connectivity index (χ4n) is 2.55. The van der Waals surface area contributed by atoms with Crippen LogP contribution in [-0.4, -0.2) is 6.04 Å². The van der Waals surface area contributed by atoms with Crippen molar-refractivity contribution < 1.29 is 0 Å². The number of unbranched alkanes of at least 4 members (excludes halogenated alkanes) is 1. The highest BCUT2D eigenvalue weighted by Gasteiger charge is 2.23. The van der Waals surface area contributed by atoms with Gasteiger partial charge in [0, 0.05) is 6.04 Å². The van der Waals surface area contributed by atoms with E-state index in [0.29, 0.717) is 5.92 Å². The molecule has 0 heterocycles. The third-order valence-corrected chi connectivity index (χ3v) is 3.67. The summed E-state index contributed by atoms with van der Waals surface area (Å²) in [5, 5.41) is 0. The lowest BCUT2D eigenvalue weighted by Crippen LogP contribution is -2.31. The normalized spacial score (nSPS) is 29.9. The van der Waals surface area contributed by atoms with E-state index in [1.165, 1.54) is 44.9 Å². The summed E-state index contributed by atoms with van der Waals surface area (Å²) in [6, 6.07) is 0.238. The summed E-state index contributed by atoms with van der Waals surface area (Å²) in [6.45, 7) is 6.06. The van der Waals surface area contributed by atoms with Crippen LogP contribution in [0.3, 0.4) is 0 Å². The van der Waals surface area contributed by atoms with Crippen molar-refractivity contribution in [3.63, 3.8) is 0 Å². The highest BCUT2D eigenvalue weighted by Crippen LogP contribution is 2.33. The summed E-state index contributed by atoms with van der Waals surface area (Å²) < 4.78 is 0. The van der Waals surface area contributed by atoms with Crippen molar-refractivity contribution in [1.29, 1.82) is 0 Å². The lowest BCUT2D eigenvalue weighted by molar-refractivity contribution is 0.246. The molecule has 1 atom stereocenters. The van der Waals surface area contributed by atoms with Gasteiger partial charge in [0.15, 0.2) is 0 Å². The number of nitrogens with two attached hydrogens (primary N) is 1. The van der Waals surface area contributed by atoms with Gasteiger partial charge in [-0.15, -0.1) is 6.58 Å². The predicted octanol–water partition coefficient (Wildman–Crippen LogP) is 3.50. The van der Waals surface area contributed by atoms with Crippen LogP contribution in [0.4, 0.5) is 0 Å². The van der Waals surface area contributed by atoms with Gasteiger partial charge in [0.05, 0.1) is 0 Å². The average Bonchev–Trinajstić information content (AvgIpc) is 2.26. The molecule has 1 heteroatoms. The third-order valence-electron chi connectivity index (χ3n) is 3.67. The van der Waals surface area contributed by atoms with Gasteiger partial charge in [-0.1, -0.05) is 45.1 Å². The molecule has 14 heavy (non-hydrogen) atoms. The number of rotatable bonds is 5. The Hall–Kier alpha value is -0.300. The Labute approximate surface area is 88.8 Å². The minimum Gasteiger partial charge on any atom is -0.324 e. The predicted molar refractivity (Wildman–Crippen MR) is 63.1 cm³/mol. The Balaban J connectivity index is 2.20. The standard InChI is InChI=1S/C13H25N/c1-3-5-6-11-7-9-12(10-8-11)13(14)4-2/h4,11-13H,2-3,5-10,14H2,1H3. The summed E-state index contributed by atoms with van der Waals surface area (Å²) in [4.78, 5) is 0. The topological polar surface area (TPSA) is 26.0 Å². The van der Waals surface area contributed by atoms with Gasteiger partial charge in [-0.05, 0) is 24.7 Å². The molecule has 1 aliphatic rings. The Morgan fingerprint density at radius 2 is 2.00 bits per heavy atom. The molecule has 2 N–H and O–H groups in total. The van der Waals surface area contributed by atoms with Gasteiger partial charge < -0.3 is 5.73 Å². The van der Waals surface area contributed by atoms with E-state index in [-0.39, 0.29) is 6.04 Å². The Kier molecular flexibility index (Phi) is 5.24. The van der Waals surface area contributed by atoms with Crippen molar-refractivity contribution in [2.24, 2.45) is 17.6 Å². The Bertz CT molecular complexity index is 157. The second kappa shape index (κ2) is 6.23. The molecular weight excluding hydrogens is 170 g/mol. The molecule has 0 saturated heterocycles. The lowest BCUT2D eigenvalue weighted by Gasteiger charge is -2.30. The zero-order chi connectivity index (χ0) is 10.4. The van der Waals surface area contributed by atoms with E-state index in [1.807, 2.05) is 6.08 Å². The largest absolute Gasteiger partial charge is 0.324 e. The first-order chi connectivity index (χ1) is 6.77. The van der Waals surface area contributed by atoms with Crippen LogP contribution in [0.25, 0.3) is 0 Å². The maximum atomic E-state index is 5.98. The minimum atomic E-state index is 0.238. The zero-order valence-corrected chi connectivity index (χ0v) is 9.54. The van der Waals surface area contributed by atoms with Gasteiger partial charge in [-0.25, -0.2) is 0 Å². The van der Waals surface area contributed by atoms with E-state index < -0.39 is 0 Å². The molecule has 1 fully saturated rings. The SMILES string of the molecule is C=CC(N)C1CCC(CCCC)CC1. The second-order valence-electron chi connectivity index (χ2n) is 4.74. The number of hydrogen-bond acceptors (Lipinski definition) is 1. The molecule has 0 aromatic carbocycles. The molecule has 1 saturated carbocycles. The van der Waals surface area contributed by atoms with Gasteiger partial charge >= 0.3 is 0 Å². The second-order valence-corrected chi connectivity index (χ2v) is 4.74. The van der Waals surface area contributed by atoms with Crippen LogP contribution < -0.4 is 5.73 Å². The molecular formula is C13H25N. The van der Waals surface area contributed by atoms with Crippen molar-refractivity contribution in [1.82, 2.24) is 0 Å². The van der Waals surface area contributed by atoms with Crippen LogP contribution in [0.15, 0.2) is 12.7 Å². The van der Waals surface area contributed by atoms with E-state index in [4.69, 9.17) is 5.73 Å². The van der Waals surface area contributed by atoms with Crippen LogP contribution in [0.2, 0.25) is 0 Å². The summed E-state index contributed by atoms with van der Waals surface area (Å²) >= 11 is 0. The summed E-state index contributed by atoms with van der Waals surface area (Å²) in [6.07, 6.45) is 11.5. The summed E-state index contributed by atoms with van der Waals surface area (Å²) in [7, 11) is 0. The first kappa shape index (κ1) is 11.8. The molecule has 1 unspecified atom stereocenters. The molecule has 1 nitrogen and oxygen atoms in total. The molecule has 0 radical (unpaired) electrons. The van der Waals surface area contributed by atoms with Crippen LogP contribution in [0, 0.1) is 11.8 Å². The van der Waals surface area contributed by atoms with Crippen LogP contribution >= 0.6 is 0 Å². The van der Waals surface area contributed by atoms with E-state index in [0.717, 1.165) is 5.92 Å². The fraction of sp³-hybridized carbons (Fsp3) is 0.846. The Morgan fingerprint density at radius 3 is 2.50 bits per heavy atom. The van der Waals surface area contributed by atoms with Gasteiger partial charge in [0.25, 0.3) is 0 Å². The van der Waals surface area contributed by atoms with Crippen molar-refractivity contribution in [3.8, 4) is 0 Å². The highest BCUT2D eigenvalue weighted by atomic mass is 14.6. The molecule has 1 aliphatic carbocycles. The van der Waals surface area contributed by atoms with E-state index in [9.17, 15) is 0 Å². The van der Waals surface area contributed by atoms with E-state index in [2.05, 4.69) is 13.5 Å². The maximum absolute atomic E-state index is 5.98. The average molecular weight is 195 g/mol. The first-order valence-electron chi connectivity index (χ1n) is 6.16. The van der Waals surface area contributed by atoms with Gasteiger partial charge in [-0.2, -0.15) is 0 Å². The van der Waals surface area contributed by atoms with Crippen molar-refractivity contribution >= 4 is 0 Å². The zero-order valence-electron chi connectivity index (χ0n) is 9.54. The molecule has 0 bridgehead atoms. The van der Waals surface area contributed by atoms with Gasteiger partial charge in [0.2, 0.25) is 0 Å². The first-order valence-corrected chi connectivity index (χ1v) is 6.16. The van der Waals surface area contributed by atoms with Crippen LogP contribution in [0.1, 0.15) is 51.9 Å². The van der Waals surface area contributed by atoms with Crippen molar-refractivity contribution in [2.75, 3.05) is 0 Å². The van der Waals surface area contributed by atoms with Gasteiger partial charge in [0.1, 0.15) is 0 Å². The van der Waals surface area contributed by atoms with E-state index in [1.54, 1.807) is 0 Å². The van der Waals surface area contributed by atoms with E-state index >= 15 is 0 Å². The van der Waals surface area contributed by atoms with Crippen LogP contribution in [-0.2, 0) is 0 Å². The smallest absolute Gasteiger partial charge is 0.0249 e. The minimum absolute atomic E-state index is 0.238. The quantitative estimate of drug-likeness (QED) is 0.668. The molecule has 0 spiro atoms. The monoisotopic (exact) mass is 195 g/mol. The molecule has 1 rings (SSSR count). The summed E-state index contributed by atoms with van der Waals surface area (Å²) in [5.41, 5.74) is 5.98. The summed E-state index contributed by atoms with van der Waals surface area (Å²) in [5.74, 6) is 1.70. The van der Waals surface area contributed by atoms with Crippen molar-refractivity contribution in [2.45, 2.75) is 57.9 Å².